The molecule has 10 heavy (non-hydrogen) atoms. The minimum Gasteiger partial charge on any atom is -0.299 e. The van der Waals surface area contributed by atoms with E-state index >= 15 is 0 Å². The summed E-state index contributed by atoms with van der Waals surface area (Å²) in [6.07, 6.45) is 0.211. The number of ketones is 1. The summed E-state index contributed by atoms with van der Waals surface area (Å²) in [5.41, 5.74) is 0. The van der Waals surface area contributed by atoms with Crippen molar-refractivity contribution in [1.29, 1.82) is 0 Å². The fraction of sp³-hybridized carbons (Fsp3) is 0.875. The van der Waals surface area contributed by atoms with E-state index in [0.29, 0.717) is 18.8 Å². The Morgan fingerprint density at radius 1 is 1.70 bits per heavy atom. The van der Waals surface area contributed by atoms with Crippen molar-refractivity contribution in [3.63, 3.8) is 0 Å². The Balaban J connectivity index is 2.23. The number of carbonyl (C=O) groups is 1. The standard InChI is InChI=1S/C8H13FO/c1-5(2)3-8(10)6-4-7(6)9/h5-7H,3-4H2,1-2H3/t6-,7-/m1/s1. The van der Waals surface area contributed by atoms with Crippen molar-refractivity contribution >= 4 is 5.78 Å². The van der Waals surface area contributed by atoms with Crippen molar-refractivity contribution < 1.29 is 9.18 Å². The zero-order valence-electron chi connectivity index (χ0n) is 6.43. The number of carbonyl (C=O) groups excluding carboxylic acids is 1. The quantitative estimate of drug-likeness (QED) is 0.591. The van der Waals surface area contributed by atoms with Gasteiger partial charge in [-0.2, -0.15) is 0 Å². The van der Waals surface area contributed by atoms with E-state index in [0.717, 1.165) is 0 Å². The first-order valence-corrected chi connectivity index (χ1v) is 3.78. The molecule has 1 rings (SSSR count). The molecule has 1 aliphatic rings. The van der Waals surface area contributed by atoms with Gasteiger partial charge in [0.1, 0.15) is 12.0 Å². The van der Waals surface area contributed by atoms with E-state index in [1.807, 2.05) is 13.8 Å². The molecule has 2 heteroatoms. The second-order valence-electron chi connectivity index (χ2n) is 3.42. The summed E-state index contributed by atoms with van der Waals surface area (Å²) in [5.74, 6) is 0.255. The van der Waals surface area contributed by atoms with Gasteiger partial charge < -0.3 is 0 Å². The monoisotopic (exact) mass is 144 g/mol. The summed E-state index contributed by atoms with van der Waals surface area (Å²) in [6.45, 7) is 3.96. The lowest BCUT2D eigenvalue weighted by Gasteiger charge is -2.00. The molecule has 58 valence electrons. The first-order valence-electron chi connectivity index (χ1n) is 3.78. The highest BCUT2D eigenvalue weighted by molar-refractivity contribution is 5.84. The Bertz CT molecular complexity index is 142. The van der Waals surface area contributed by atoms with Crippen LogP contribution in [0.25, 0.3) is 0 Å². The van der Waals surface area contributed by atoms with Gasteiger partial charge in [0, 0.05) is 6.42 Å². The molecule has 0 aromatic carbocycles. The highest BCUT2D eigenvalue weighted by atomic mass is 19.1. The smallest absolute Gasteiger partial charge is 0.139 e. The maximum Gasteiger partial charge on any atom is 0.139 e. The second kappa shape index (κ2) is 2.69. The van der Waals surface area contributed by atoms with Crippen LogP contribution < -0.4 is 0 Å². The molecule has 0 unspecified atom stereocenters. The van der Waals surface area contributed by atoms with Crippen molar-refractivity contribution in [2.24, 2.45) is 11.8 Å². The van der Waals surface area contributed by atoms with Crippen molar-refractivity contribution in [3.8, 4) is 0 Å². The minimum absolute atomic E-state index is 0.113. The molecule has 1 aliphatic carbocycles. The molecular weight excluding hydrogens is 131 g/mol. The van der Waals surface area contributed by atoms with Crippen LogP contribution in [0.15, 0.2) is 0 Å². The molecule has 0 heterocycles. The first kappa shape index (κ1) is 7.70. The lowest BCUT2D eigenvalue weighted by atomic mass is 10.0. The second-order valence-corrected chi connectivity index (χ2v) is 3.42. The molecule has 0 aromatic heterocycles. The fourth-order valence-electron chi connectivity index (χ4n) is 1.05. The Hall–Kier alpha value is -0.400. The normalized spacial score (nSPS) is 30.8. The summed E-state index contributed by atoms with van der Waals surface area (Å²) in [7, 11) is 0. The van der Waals surface area contributed by atoms with Crippen molar-refractivity contribution in [3.05, 3.63) is 0 Å². The molecule has 1 fully saturated rings. The summed E-state index contributed by atoms with van der Waals surface area (Å²) in [4.78, 5) is 11.0. The molecule has 0 aromatic rings. The number of hydrogen-bond donors (Lipinski definition) is 0. The van der Waals surface area contributed by atoms with Gasteiger partial charge in [-0.1, -0.05) is 13.8 Å². The highest BCUT2D eigenvalue weighted by Gasteiger charge is 2.42. The van der Waals surface area contributed by atoms with Crippen molar-refractivity contribution in [1.82, 2.24) is 0 Å². The third-order valence-electron chi connectivity index (χ3n) is 1.74. The van der Waals surface area contributed by atoms with Gasteiger partial charge in [0.15, 0.2) is 0 Å². The minimum atomic E-state index is -0.814. The zero-order chi connectivity index (χ0) is 7.72. The summed E-state index contributed by atoms with van der Waals surface area (Å²) in [6, 6.07) is 0. The largest absolute Gasteiger partial charge is 0.299 e. The highest BCUT2D eigenvalue weighted by Crippen LogP contribution is 2.35. The summed E-state index contributed by atoms with van der Waals surface area (Å²) >= 11 is 0. The molecule has 1 nitrogen and oxygen atoms in total. The number of halogens is 1. The molecule has 0 bridgehead atoms. The van der Waals surface area contributed by atoms with Crippen molar-refractivity contribution in [2.75, 3.05) is 0 Å². The molecule has 1 saturated carbocycles. The topological polar surface area (TPSA) is 17.1 Å². The zero-order valence-corrected chi connectivity index (χ0v) is 6.43. The predicted octanol–water partition coefficient (Wildman–Crippen LogP) is 1.96. The lowest BCUT2D eigenvalue weighted by Crippen LogP contribution is -2.06. The van der Waals surface area contributed by atoms with Crippen LogP contribution in [-0.4, -0.2) is 12.0 Å². The molecular formula is C8H13FO. The molecule has 0 aliphatic heterocycles. The number of hydrogen-bond acceptors (Lipinski definition) is 1. The third-order valence-corrected chi connectivity index (χ3v) is 1.74. The van der Waals surface area contributed by atoms with Gasteiger partial charge in [0.05, 0.1) is 5.92 Å². The van der Waals surface area contributed by atoms with E-state index in [2.05, 4.69) is 0 Å². The molecule has 0 spiro atoms. The van der Waals surface area contributed by atoms with E-state index in [1.54, 1.807) is 0 Å². The molecule has 0 radical (unpaired) electrons. The predicted molar refractivity (Wildman–Crippen MR) is 37.5 cm³/mol. The van der Waals surface area contributed by atoms with Gasteiger partial charge in [-0.15, -0.1) is 0 Å². The Morgan fingerprint density at radius 3 is 2.50 bits per heavy atom. The van der Waals surface area contributed by atoms with E-state index in [4.69, 9.17) is 0 Å². The average Bonchev–Trinajstić information content (AvgIpc) is 2.44. The number of Topliss-reactive ketones (excluding diaryl/α,β-unsaturated/α-hetero) is 1. The van der Waals surface area contributed by atoms with E-state index < -0.39 is 6.17 Å². The third kappa shape index (κ3) is 1.79. The van der Waals surface area contributed by atoms with Crippen LogP contribution in [0.1, 0.15) is 26.7 Å². The lowest BCUT2D eigenvalue weighted by molar-refractivity contribution is -0.121. The molecule has 0 N–H and O–H groups in total. The molecule has 2 atom stereocenters. The van der Waals surface area contributed by atoms with Gasteiger partial charge in [-0.05, 0) is 12.3 Å². The van der Waals surface area contributed by atoms with Crippen LogP contribution in [0.4, 0.5) is 4.39 Å². The van der Waals surface area contributed by atoms with Crippen LogP contribution in [0.3, 0.4) is 0 Å². The van der Waals surface area contributed by atoms with Gasteiger partial charge >= 0.3 is 0 Å². The van der Waals surface area contributed by atoms with Crippen molar-refractivity contribution in [2.45, 2.75) is 32.9 Å². The van der Waals surface area contributed by atoms with E-state index in [1.165, 1.54) is 0 Å². The fourth-order valence-corrected chi connectivity index (χ4v) is 1.05. The van der Waals surface area contributed by atoms with Crippen LogP contribution in [0.2, 0.25) is 0 Å². The molecule has 0 saturated heterocycles. The number of alkyl halides is 1. The van der Waals surface area contributed by atoms with Gasteiger partial charge in [-0.3, -0.25) is 4.79 Å². The Morgan fingerprint density at radius 2 is 2.20 bits per heavy atom. The summed E-state index contributed by atoms with van der Waals surface area (Å²) in [5, 5.41) is 0. The van der Waals surface area contributed by atoms with Crippen LogP contribution in [0.5, 0.6) is 0 Å². The molecule has 0 amide bonds. The van der Waals surface area contributed by atoms with Gasteiger partial charge in [0.2, 0.25) is 0 Å². The van der Waals surface area contributed by atoms with Gasteiger partial charge in [-0.25, -0.2) is 4.39 Å². The van der Waals surface area contributed by atoms with E-state index in [-0.39, 0.29) is 11.7 Å². The SMILES string of the molecule is CC(C)CC(=O)[C@@H]1C[C@H]1F. The summed E-state index contributed by atoms with van der Waals surface area (Å²) < 4.78 is 12.3. The maximum absolute atomic E-state index is 12.3. The van der Waals surface area contributed by atoms with E-state index in [9.17, 15) is 9.18 Å². The van der Waals surface area contributed by atoms with Crippen LogP contribution >= 0.6 is 0 Å². The van der Waals surface area contributed by atoms with Gasteiger partial charge in [0.25, 0.3) is 0 Å². The Kier molecular flexibility index (Phi) is 2.07. The average molecular weight is 144 g/mol. The number of rotatable bonds is 3. The van der Waals surface area contributed by atoms with Crippen LogP contribution in [0, 0.1) is 11.8 Å². The maximum atomic E-state index is 12.3. The van der Waals surface area contributed by atoms with Crippen LogP contribution in [-0.2, 0) is 4.79 Å². The Labute approximate surface area is 60.6 Å². The first-order chi connectivity index (χ1) is 4.61.